The summed E-state index contributed by atoms with van der Waals surface area (Å²) in [5, 5.41) is 0. The second kappa shape index (κ2) is 9.78. The summed E-state index contributed by atoms with van der Waals surface area (Å²) in [5.41, 5.74) is 7.07. The first kappa shape index (κ1) is 22.6. The van der Waals surface area contributed by atoms with E-state index >= 15 is 0 Å². The van der Waals surface area contributed by atoms with E-state index < -0.39 is 0 Å². The quantitative estimate of drug-likeness (QED) is 0.600. The summed E-state index contributed by atoms with van der Waals surface area (Å²) in [4.78, 5) is 28.8. The molecular weight excluding hydrogens is 382 g/mol. The van der Waals surface area contributed by atoms with Gasteiger partial charge in [0.05, 0.1) is 6.61 Å². The van der Waals surface area contributed by atoms with Crippen LogP contribution >= 0.6 is 0 Å². The van der Waals surface area contributed by atoms with Gasteiger partial charge in [0, 0.05) is 38.3 Å². The van der Waals surface area contributed by atoms with Gasteiger partial charge in [-0.05, 0) is 46.6 Å². The van der Waals surface area contributed by atoms with E-state index in [1.807, 2.05) is 0 Å². The molecule has 9 nitrogen and oxygen atoms in total. The molecule has 168 valence electrons. The molecule has 3 rings (SSSR count). The molecule has 0 atom stereocenters. The molecule has 0 unspecified atom stereocenters. The van der Waals surface area contributed by atoms with Gasteiger partial charge in [0.15, 0.2) is 11.5 Å². The summed E-state index contributed by atoms with van der Waals surface area (Å²) in [7, 11) is 0. The number of nitrogens with one attached hydrogen (secondary N) is 1. The lowest BCUT2D eigenvalue weighted by atomic mass is 10.0. The average Bonchev–Trinajstić information content (AvgIpc) is 3.01. The van der Waals surface area contributed by atoms with Gasteiger partial charge in [-0.1, -0.05) is 13.3 Å². The van der Waals surface area contributed by atoms with E-state index in [1.165, 1.54) is 0 Å². The van der Waals surface area contributed by atoms with Crippen molar-refractivity contribution in [2.45, 2.75) is 65.5 Å². The topological polar surface area (TPSA) is 105 Å². The van der Waals surface area contributed by atoms with Gasteiger partial charge in [-0.3, -0.25) is 9.47 Å². The third-order valence-corrected chi connectivity index (χ3v) is 5.79. The number of nitrogens with zero attached hydrogens (tertiary/aromatic N) is 5. The number of unbranched alkanes of at least 4 members (excludes halogenated alkanes) is 2. The molecule has 3 N–H and O–H groups in total. The number of anilines is 1. The molecule has 3 heterocycles. The maximum Gasteiger partial charge on any atom is 0.327 e. The zero-order valence-corrected chi connectivity index (χ0v) is 18.9. The average molecular weight is 420 g/mol. The van der Waals surface area contributed by atoms with Crippen molar-refractivity contribution in [2.75, 3.05) is 45.1 Å². The molecule has 1 aliphatic rings. The molecule has 2 aromatic heterocycles. The molecule has 0 aliphatic carbocycles. The maximum atomic E-state index is 12.4. The minimum atomic E-state index is -0.199. The molecule has 9 heteroatoms. The Balaban J connectivity index is 1.54. The Morgan fingerprint density at radius 1 is 1.07 bits per heavy atom. The highest BCUT2D eigenvalue weighted by Gasteiger charge is 2.25. The number of piperazine rings is 1. The van der Waals surface area contributed by atoms with Gasteiger partial charge in [-0.25, -0.2) is 4.79 Å². The smallest absolute Gasteiger partial charge is 0.327 e. The van der Waals surface area contributed by atoms with Crippen LogP contribution in [0.5, 0.6) is 6.01 Å². The molecule has 0 saturated carbocycles. The van der Waals surface area contributed by atoms with E-state index in [1.54, 1.807) is 4.57 Å². The minimum absolute atomic E-state index is 0.199. The summed E-state index contributed by atoms with van der Waals surface area (Å²) >= 11 is 0. The van der Waals surface area contributed by atoms with E-state index in [0.717, 1.165) is 58.4 Å². The van der Waals surface area contributed by atoms with Gasteiger partial charge in [0.1, 0.15) is 5.52 Å². The highest BCUT2D eigenvalue weighted by Crippen LogP contribution is 2.19. The highest BCUT2D eigenvalue weighted by molar-refractivity contribution is 5.81. The standard InChI is InChI=1S/C21H37N7O2/c1-5-6-15-30-19-24-17(22)16-18(25-19)28(20(29)23-16)10-8-7-9-26-11-13-27(14-12-26)21(2,3)4/h5-15H2,1-4H3,(H,23,29)(H2,22,24,25). The lowest BCUT2D eigenvalue weighted by Crippen LogP contribution is -2.53. The Labute approximate surface area is 178 Å². The number of aromatic amines is 1. The zero-order valence-electron chi connectivity index (χ0n) is 18.9. The lowest BCUT2D eigenvalue weighted by molar-refractivity contribution is 0.0615. The lowest BCUT2D eigenvalue weighted by Gasteiger charge is -2.42. The number of fused-ring (bicyclic) bond motifs is 1. The van der Waals surface area contributed by atoms with Crippen molar-refractivity contribution < 1.29 is 4.74 Å². The van der Waals surface area contributed by atoms with Crippen LogP contribution in [-0.4, -0.2) is 74.2 Å². The SMILES string of the molecule is CCCCOc1nc(N)c2[nH]c(=O)n(CCCCN3CCN(C(C)(C)C)CC3)c2n1. The Kier molecular flexibility index (Phi) is 7.36. The molecule has 1 fully saturated rings. The number of hydrogen-bond donors (Lipinski definition) is 2. The van der Waals surface area contributed by atoms with E-state index in [4.69, 9.17) is 10.5 Å². The molecule has 2 aromatic rings. The van der Waals surface area contributed by atoms with E-state index in [0.29, 0.717) is 24.3 Å². The fraction of sp³-hybridized carbons (Fsp3) is 0.762. The van der Waals surface area contributed by atoms with Crippen molar-refractivity contribution in [3.8, 4) is 6.01 Å². The van der Waals surface area contributed by atoms with E-state index in [9.17, 15) is 4.79 Å². The van der Waals surface area contributed by atoms with Crippen LogP contribution < -0.4 is 16.2 Å². The molecule has 30 heavy (non-hydrogen) atoms. The van der Waals surface area contributed by atoms with E-state index in [-0.39, 0.29) is 23.1 Å². The van der Waals surface area contributed by atoms with Crippen LogP contribution in [0.1, 0.15) is 53.4 Å². The number of hydrogen-bond acceptors (Lipinski definition) is 7. The second-order valence-electron chi connectivity index (χ2n) is 9.08. The largest absolute Gasteiger partial charge is 0.463 e. The van der Waals surface area contributed by atoms with Gasteiger partial charge < -0.3 is 20.4 Å². The first-order valence-corrected chi connectivity index (χ1v) is 11.2. The van der Waals surface area contributed by atoms with Gasteiger partial charge in [0.2, 0.25) is 0 Å². The van der Waals surface area contributed by atoms with Crippen LogP contribution in [0.25, 0.3) is 11.2 Å². The Morgan fingerprint density at radius 2 is 1.77 bits per heavy atom. The highest BCUT2D eigenvalue weighted by atomic mass is 16.5. The Morgan fingerprint density at radius 3 is 2.43 bits per heavy atom. The van der Waals surface area contributed by atoms with Crippen molar-refractivity contribution in [3.63, 3.8) is 0 Å². The number of rotatable bonds is 9. The number of aryl methyl sites for hydroxylation is 1. The number of ether oxygens (including phenoxy) is 1. The predicted octanol–water partition coefficient (Wildman–Crippen LogP) is 2.08. The van der Waals surface area contributed by atoms with Crippen molar-refractivity contribution in [2.24, 2.45) is 0 Å². The molecule has 0 spiro atoms. The van der Waals surface area contributed by atoms with E-state index in [2.05, 4.69) is 52.4 Å². The van der Waals surface area contributed by atoms with Crippen LogP contribution in [0.2, 0.25) is 0 Å². The maximum absolute atomic E-state index is 12.4. The molecule has 0 aromatic carbocycles. The number of nitrogen functional groups attached to an aromatic ring is 1. The van der Waals surface area contributed by atoms with Gasteiger partial charge in [-0.2, -0.15) is 9.97 Å². The summed E-state index contributed by atoms with van der Waals surface area (Å²) in [6.07, 6.45) is 3.89. The first-order valence-electron chi connectivity index (χ1n) is 11.2. The van der Waals surface area contributed by atoms with Crippen molar-refractivity contribution >= 4 is 17.0 Å². The summed E-state index contributed by atoms with van der Waals surface area (Å²) in [6.45, 7) is 15.6. The number of imidazole rings is 1. The number of aromatic nitrogens is 4. The molecule has 1 saturated heterocycles. The van der Waals surface area contributed by atoms with Gasteiger partial charge in [0.25, 0.3) is 0 Å². The summed E-state index contributed by atoms with van der Waals surface area (Å²) in [6, 6.07) is 0.234. The molecular formula is C21H37N7O2. The number of H-pyrrole nitrogens is 1. The van der Waals surface area contributed by atoms with Crippen LogP contribution in [0, 0.1) is 0 Å². The van der Waals surface area contributed by atoms with Crippen molar-refractivity contribution in [1.82, 2.24) is 29.3 Å². The van der Waals surface area contributed by atoms with Crippen molar-refractivity contribution in [3.05, 3.63) is 10.5 Å². The fourth-order valence-corrected chi connectivity index (χ4v) is 3.86. The molecule has 0 amide bonds. The Hall–Kier alpha value is -2.13. The first-order chi connectivity index (χ1) is 14.3. The van der Waals surface area contributed by atoms with Crippen LogP contribution in [-0.2, 0) is 6.54 Å². The third-order valence-electron chi connectivity index (χ3n) is 5.79. The normalized spacial score (nSPS) is 16.4. The predicted molar refractivity (Wildman–Crippen MR) is 120 cm³/mol. The molecule has 0 radical (unpaired) electrons. The minimum Gasteiger partial charge on any atom is -0.463 e. The number of nitrogens with two attached hydrogens (primary N) is 1. The van der Waals surface area contributed by atoms with Crippen LogP contribution in [0.15, 0.2) is 4.79 Å². The van der Waals surface area contributed by atoms with Crippen LogP contribution in [0.3, 0.4) is 0 Å². The molecule has 1 aliphatic heterocycles. The van der Waals surface area contributed by atoms with Crippen molar-refractivity contribution in [1.29, 1.82) is 0 Å². The monoisotopic (exact) mass is 419 g/mol. The van der Waals surface area contributed by atoms with Crippen LogP contribution in [0.4, 0.5) is 5.82 Å². The van der Waals surface area contributed by atoms with Gasteiger partial charge in [-0.15, -0.1) is 0 Å². The zero-order chi connectivity index (χ0) is 21.7. The second-order valence-corrected chi connectivity index (χ2v) is 9.08. The molecule has 0 bridgehead atoms. The Bertz CT molecular complexity index is 876. The fourth-order valence-electron chi connectivity index (χ4n) is 3.86. The third kappa shape index (κ3) is 5.51. The van der Waals surface area contributed by atoms with Gasteiger partial charge >= 0.3 is 11.7 Å². The summed E-state index contributed by atoms with van der Waals surface area (Å²) < 4.78 is 7.25. The summed E-state index contributed by atoms with van der Waals surface area (Å²) in [5.74, 6) is 0.249.